The number of hydrogen-bond acceptors (Lipinski definition) is 12. The summed E-state index contributed by atoms with van der Waals surface area (Å²) in [6.45, 7) is 7.29. The van der Waals surface area contributed by atoms with Crippen molar-refractivity contribution in [3.8, 4) is 11.1 Å². The lowest BCUT2D eigenvalue weighted by molar-refractivity contribution is -0.0983. The first-order chi connectivity index (χ1) is 31.5. The van der Waals surface area contributed by atoms with Crippen LogP contribution in [-0.2, 0) is 4.74 Å². The summed E-state index contributed by atoms with van der Waals surface area (Å²) in [7, 11) is 0. The minimum absolute atomic E-state index is 0.0131. The quantitative estimate of drug-likeness (QED) is 0.133. The van der Waals surface area contributed by atoms with E-state index in [4.69, 9.17) is 19.9 Å². The molecule has 17 nitrogen and oxygen atoms in total. The molecule has 3 atom stereocenters. The van der Waals surface area contributed by atoms with E-state index >= 15 is 0 Å². The first-order valence-corrected chi connectivity index (χ1v) is 23.3. The molecule has 3 saturated carbocycles. The number of hydrogen-bond donors (Lipinski definition) is 4. The van der Waals surface area contributed by atoms with Crippen LogP contribution in [-0.4, -0.2) is 122 Å². The number of fused-ring (bicyclic) bond motifs is 2. The molecular weight excluding hydrogens is 837 g/mol. The Hall–Kier alpha value is -5.34. The molecule has 0 radical (unpaired) electrons. The molecule has 3 aliphatic carbocycles. The number of aromatic nitrogens is 9. The molecule has 3 aliphatic heterocycles. The highest BCUT2D eigenvalue weighted by atomic mass is 19.3. The van der Waals surface area contributed by atoms with Gasteiger partial charge in [0.15, 0.2) is 11.3 Å². The molecule has 65 heavy (non-hydrogen) atoms. The summed E-state index contributed by atoms with van der Waals surface area (Å²) >= 11 is 0. The van der Waals surface area contributed by atoms with Gasteiger partial charge in [-0.2, -0.15) is 20.4 Å². The summed E-state index contributed by atoms with van der Waals surface area (Å²) in [6.07, 6.45) is 13.5. The Balaban J connectivity index is 0.637. The van der Waals surface area contributed by atoms with Crippen molar-refractivity contribution >= 4 is 34.0 Å². The maximum Gasteiger partial charge on any atom is 0.284 e. The second-order valence-corrected chi connectivity index (χ2v) is 19.8. The normalized spacial score (nSPS) is 26.6. The van der Waals surface area contributed by atoms with Crippen molar-refractivity contribution in [2.45, 2.75) is 114 Å². The lowest BCUT2D eigenvalue weighted by atomic mass is 9.60. The van der Waals surface area contributed by atoms with Gasteiger partial charge in [-0.3, -0.25) is 24.2 Å². The number of carbonyl (C=O) groups is 1. The minimum Gasteiger partial charge on any atom is -0.379 e. The lowest BCUT2D eigenvalue weighted by Crippen LogP contribution is -2.63. The number of rotatable bonds is 10. The summed E-state index contributed by atoms with van der Waals surface area (Å²) in [5, 5.41) is 45.6. The van der Waals surface area contributed by atoms with Gasteiger partial charge in [-0.05, 0) is 100 Å². The summed E-state index contributed by atoms with van der Waals surface area (Å²) in [6, 6.07) is 8.14. The van der Waals surface area contributed by atoms with Gasteiger partial charge in [0, 0.05) is 62.3 Å². The second-order valence-electron chi connectivity index (χ2n) is 19.8. The van der Waals surface area contributed by atoms with Crippen LogP contribution in [0.1, 0.15) is 111 Å². The number of amides is 1. The van der Waals surface area contributed by atoms with Gasteiger partial charge in [0.1, 0.15) is 23.8 Å². The largest absolute Gasteiger partial charge is 0.379 e. The predicted octanol–water partition coefficient (Wildman–Crippen LogP) is 5.64. The van der Waals surface area contributed by atoms with E-state index in [-0.39, 0.29) is 28.9 Å². The Morgan fingerprint density at radius 1 is 0.969 bits per heavy atom. The van der Waals surface area contributed by atoms with Crippen LogP contribution in [0.4, 0.5) is 20.3 Å². The number of aryl methyl sites for hydroxylation is 1. The first kappa shape index (κ1) is 41.1. The molecule has 6 aliphatic rings. The van der Waals surface area contributed by atoms with Gasteiger partial charge in [0.25, 0.3) is 12.3 Å². The van der Waals surface area contributed by atoms with Gasteiger partial charge in [-0.1, -0.05) is 12.1 Å². The Morgan fingerprint density at radius 2 is 1.80 bits per heavy atom. The third-order valence-corrected chi connectivity index (χ3v) is 15.3. The molecule has 1 aromatic carbocycles. The standard InChI is InChI=1S/C46H55F2N13O4/c1-27-39-32(3-2-4-35(39)61(54-27)36-9-10-38(62)53-44(36)64)29-19-49-59(22-29)31-17-45(18-31)24-56(25-45)21-28-5-7-30(8-6-28)60-23-34(40(55-60)41(47)48)51-43(63)33-20-50-58-14-11-37(52-42(33)58)57-15-16-65-46(26-57)12-13-46/h2-4,11,14,19-20,22-23,28,30-31,36,38,41,44,53,62,64H,5-10,12-13,15-18,21,24-26H2,1H3,(H,51,63)/t28?,30?,36-,38-,44-/m1/s1. The number of aliphatic hydroxyl groups excluding tert-OH is 2. The Bertz CT molecular complexity index is 2760. The van der Waals surface area contributed by atoms with Crippen molar-refractivity contribution in [1.29, 1.82) is 0 Å². The molecule has 6 fully saturated rings. The molecule has 3 saturated heterocycles. The van der Waals surface area contributed by atoms with Crippen LogP contribution in [0, 0.1) is 18.3 Å². The Kier molecular flexibility index (Phi) is 9.89. The first-order valence-electron chi connectivity index (χ1n) is 23.3. The van der Waals surface area contributed by atoms with E-state index in [1.807, 2.05) is 36.0 Å². The van der Waals surface area contributed by atoms with Crippen molar-refractivity contribution in [3.05, 3.63) is 72.2 Å². The zero-order valence-electron chi connectivity index (χ0n) is 36.4. The summed E-state index contributed by atoms with van der Waals surface area (Å²) in [4.78, 5) is 23.1. The van der Waals surface area contributed by atoms with Crippen LogP contribution in [0.5, 0.6) is 0 Å². The number of nitrogens with one attached hydrogen (secondary N) is 2. The molecule has 6 aromatic rings. The molecule has 12 rings (SSSR count). The van der Waals surface area contributed by atoms with E-state index in [2.05, 4.69) is 47.6 Å². The molecule has 5 aromatic heterocycles. The number of likely N-dealkylation sites (tertiary alicyclic amines) is 1. The number of benzene rings is 1. The van der Waals surface area contributed by atoms with Crippen LogP contribution in [0.25, 0.3) is 27.7 Å². The van der Waals surface area contributed by atoms with Gasteiger partial charge in [0.2, 0.25) is 0 Å². The van der Waals surface area contributed by atoms with E-state index in [0.29, 0.717) is 49.0 Å². The van der Waals surface area contributed by atoms with Gasteiger partial charge < -0.3 is 30.1 Å². The van der Waals surface area contributed by atoms with E-state index in [1.165, 1.54) is 10.7 Å². The third kappa shape index (κ3) is 7.39. The van der Waals surface area contributed by atoms with Crippen molar-refractivity contribution in [3.63, 3.8) is 0 Å². The number of aliphatic hydroxyl groups is 2. The zero-order chi connectivity index (χ0) is 44.2. The van der Waals surface area contributed by atoms with E-state index in [0.717, 1.165) is 111 Å². The number of alkyl halides is 2. The highest BCUT2D eigenvalue weighted by Crippen LogP contribution is 2.54. The van der Waals surface area contributed by atoms with Gasteiger partial charge >= 0.3 is 0 Å². The van der Waals surface area contributed by atoms with Crippen LogP contribution in [0.3, 0.4) is 0 Å². The van der Waals surface area contributed by atoms with Crippen molar-refractivity contribution in [1.82, 2.24) is 54.2 Å². The van der Waals surface area contributed by atoms with E-state index in [1.54, 1.807) is 17.1 Å². The topological polar surface area (TPSA) is 181 Å². The van der Waals surface area contributed by atoms with Crippen LogP contribution in [0.15, 0.2) is 55.2 Å². The SMILES string of the molecule is Cc1nn([C@@H]2CC[C@@H](O)N[C@@H]2O)c2cccc(-c3cnn(C4CC5(C4)CN(CC4CCC(n6cc(NC(=O)c7cnn8ccc(N9CCOC%10(CC%10)C9)nc78)c(C(F)F)n6)CC4)C5)c3)c12. The molecule has 8 heterocycles. The molecule has 1 amide bonds. The maximum absolute atomic E-state index is 14.4. The Morgan fingerprint density at radius 3 is 2.58 bits per heavy atom. The molecule has 4 N–H and O–H groups in total. The monoisotopic (exact) mass is 891 g/mol. The van der Waals surface area contributed by atoms with Crippen LogP contribution in [0.2, 0.25) is 0 Å². The third-order valence-electron chi connectivity index (χ3n) is 15.3. The average molecular weight is 892 g/mol. The number of halogens is 2. The molecule has 0 bridgehead atoms. The molecule has 19 heteroatoms. The summed E-state index contributed by atoms with van der Waals surface area (Å²) in [5.41, 5.74) is 4.38. The fourth-order valence-corrected chi connectivity index (χ4v) is 11.8. The number of nitrogens with zero attached hydrogens (tertiary/aromatic N) is 11. The molecule has 0 unspecified atom stereocenters. The van der Waals surface area contributed by atoms with Gasteiger partial charge in [-0.25, -0.2) is 18.3 Å². The van der Waals surface area contributed by atoms with Crippen molar-refractivity contribution in [2.24, 2.45) is 11.3 Å². The van der Waals surface area contributed by atoms with Gasteiger partial charge in [0.05, 0.1) is 59.6 Å². The fourth-order valence-electron chi connectivity index (χ4n) is 11.8. The maximum atomic E-state index is 14.4. The summed E-state index contributed by atoms with van der Waals surface area (Å²) < 4.78 is 41.9. The Labute approximate surface area is 373 Å². The number of ether oxygens (including phenoxy) is 1. The predicted molar refractivity (Wildman–Crippen MR) is 236 cm³/mol. The highest BCUT2D eigenvalue weighted by Gasteiger charge is 2.53. The van der Waals surface area contributed by atoms with Crippen LogP contribution >= 0.6 is 0 Å². The second kappa shape index (κ2) is 15.6. The smallest absolute Gasteiger partial charge is 0.284 e. The zero-order valence-corrected chi connectivity index (χ0v) is 36.4. The van der Waals surface area contributed by atoms with Crippen molar-refractivity contribution < 1.29 is 28.5 Å². The van der Waals surface area contributed by atoms with Crippen LogP contribution < -0.4 is 15.5 Å². The number of morpholine rings is 1. The number of anilines is 2. The number of carbonyl (C=O) groups excluding carboxylic acids is 1. The molecule has 342 valence electrons. The van der Waals surface area contributed by atoms with Crippen molar-refractivity contribution in [2.75, 3.05) is 49.5 Å². The van der Waals surface area contributed by atoms with E-state index < -0.39 is 30.5 Å². The number of piperidine rings is 1. The highest BCUT2D eigenvalue weighted by molar-refractivity contribution is 6.08. The lowest BCUT2D eigenvalue weighted by Gasteiger charge is -2.59. The van der Waals surface area contributed by atoms with Gasteiger partial charge in [-0.15, -0.1) is 0 Å². The average Bonchev–Trinajstić information content (AvgIpc) is 3.73. The molecular formula is C46H55F2N13O4. The summed E-state index contributed by atoms with van der Waals surface area (Å²) in [5.74, 6) is 0.717. The fraction of sp³-hybridized carbons (Fsp3) is 0.565. The molecule has 2 spiro atoms. The van der Waals surface area contributed by atoms with E-state index in [9.17, 15) is 23.8 Å². The minimum atomic E-state index is -2.85.